The lowest BCUT2D eigenvalue weighted by Gasteiger charge is -2.34. The molecule has 0 radical (unpaired) electrons. The highest BCUT2D eigenvalue weighted by molar-refractivity contribution is 5.81. The molecule has 4 nitrogen and oxygen atoms in total. The van der Waals surface area contributed by atoms with Crippen LogP contribution in [0.25, 0.3) is 0 Å². The van der Waals surface area contributed by atoms with Crippen LogP contribution in [0.3, 0.4) is 0 Å². The van der Waals surface area contributed by atoms with E-state index in [4.69, 9.17) is 9.47 Å². The molecule has 1 fully saturated rings. The maximum Gasteiger partial charge on any atom is 0.326 e. The molecule has 2 unspecified atom stereocenters. The van der Waals surface area contributed by atoms with Crippen LogP contribution in [0.4, 0.5) is 0 Å². The number of nitrogens with one attached hydrogen (secondary N) is 1. The van der Waals surface area contributed by atoms with E-state index < -0.39 is 5.54 Å². The second-order valence-corrected chi connectivity index (χ2v) is 6.47. The van der Waals surface area contributed by atoms with E-state index in [2.05, 4.69) is 26.1 Å². The van der Waals surface area contributed by atoms with Gasteiger partial charge >= 0.3 is 5.97 Å². The molecular weight excluding hydrogens is 266 g/mol. The Labute approximate surface area is 130 Å². The number of esters is 1. The fourth-order valence-electron chi connectivity index (χ4n) is 3.19. The molecule has 0 bridgehead atoms. The van der Waals surface area contributed by atoms with Crippen molar-refractivity contribution in [2.45, 2.75) is 65.3 Å². The van der Waals surface area contributed by atoms with Crippen molar-refractivity contribution in [1.82, 2.24) is 5.32 Å². The van der Waals surface area contributed by atoms with Crippen molar-refractivity contribution in [3.05, 3.63) is 0 Å². The number of hydrogen-bond acceptors (Lipinski definition) is 4. The first-order valence-electron chi connectivity index (χ1n) is 8.56. The molecule has 0 aromatic rings. The summed E-state index contributed by atoms with van der Waals surface area (Å²) in [5, 5.41) is 3.50. The van der Waals surface area contributed by atoms with Gasteiger partial charge in [-0.3, -0.25) is 4.79 Å². The van der Waals surface area contributed by atoms with Crippen molar-refractivity contribution < 1.29 is 14.3 Å². The van der Waals surface area contributed by atoms with Crippen LogP contribution in [0, 0.1) is 11.8 Å². The van der Waals surface area contributed by atoms with Gasteiger partial charge in [0.15, 0.2) is 0 Å². The van der Waals surface area contributed by atoms with Gasteiger partial charge in [-0.15, -0.1) is 0 Å². The highest BCUT2D eigenvalue weighted by Crippen LogP contribution is 2.39. The lowest BCUT2D eigenvalue weighted by molar-refractivity contribution is -0.153. The Morgan fingerprint density at radius 3 is 2.76 bits per heavy atom. The van der Waals surface area contributed by atoms with Gasteiger partial charge in [0, 0.05) is 13.2 Å². The average Bonchev–Trinajstić information content (AvgIpc) is 2.85. The van der Waals surface area contributed by atoms with Gasteiger partial charge in [0.05, 0.1) is 6.61 Å². The number of rotatable bonds is 10. The number of carbonyl (C=O) groups is 1. The molecule has 1 aliphatic rings. The summed E-state index contributed by atoms with van der Waals surface area (Å²) in [6, 6.07) is 0. The highest BCUT2D eigenvalue weighted by Gasteiger charge is 2.49. The Balaban J connectivity index is 2.62. The molecule has 0 heterocycles. The van der Waals surface area contributed by atoms with Crippen LogP contribution >= 0.6 is 0 Å². The number of ether oxygens (including phenoxy) is 2. The normalized spacial score (nSPS) is 25.5. The molecule has 0 saturated heterocycles. The van der Waals surface area contributed by atoms with Crippen molar-refractivity contribution in [2.75, 3.05) is 26.4 Å². The van der Waals surface area contributed by atoms with E-state index in [0.717, 1.165) is 51.9 Å². The average molecular weight is 299 g/mol. The zero-order chi connectivity index (χ0) is 15.7. The summed E-state index contributed by atoms with van der Waals surface area (Å²) in [4.78, 5) is 12.5. The van der Waals surface area contributed by atoms with Crippen molar-refractivity contribution in [3.63, 3.8) is 0 Å². The van der Waals surface area contributed by atoms with Crippen LogP contribution < -0.4 is 5.32 Å². The smallest absolute Gasteiger partial charge is 0.326 e. The molecular formula is C17H33NO3. The van der Waals surface area contributed by atoms with Crippen molar-refractivity contribution in [1.29, 1.82) is 0 Å². The van der Waals surface area contributed by atoms with Crippen LogP contribution in [-0.4, -0.2) is 37.9 Å². The van der Waals surface area contributed by atoms with Crippen molar-refractivity contribution in [3.8, 4) is 0 Å². The van der Waals surface area contributed by atoms with Crippen LogP contribution in [0.5, 0.6) is 0 Å². The second kappa shape index (κ2) is 9.42. The predicted molar refractivity (Wildman–Crippen MR) is 85.3 cm³/mol. The monoisotopic (exact) mass is 299 g/mol. The highest BCUT2D eigenvalue weighted by atomic mass is 16.5. The zero-order valence-electron chi connectivity index (χ0n) is 14.2. The third kappa shape index (κ3) is 5.26. The molecule has 2 atom stereocenters. The van der Waals surface area contributed by atoms with Gasteiger partial charge in [0.2, 0.25) is 0 Å². The lowest BCUT2D eigenvalue weighted by Crippen LogP contribution is -2.56. The van der Waals surface area contributed by atoms with E-state index in [0.29, 0.717) is 18.4 Å². The van der Waals surface area contributed by atoms with Gasteiger partial charge in [0.25, 0.3) is 0 Å². The molecule has 1 saturated carbocycles. The molecule has 0 aromatic heterocycles. The standard InChI is InChI=1S/C17H33NO3/c1-5-11-18-17(16(19)21-6-2)10-7-8-15(17)9-12-20-13-14(3)4/h14-15,18H,5-13H2,1-4H3. The van der Waals surface area contributed by atoms with Gasteiger partial charge in [0.1, 0.15) is 5.54 Å². The van der Waals surface area contributed by atoms with Gasteiger partial charge in [-0.2, -0.15) is 0 Å². The lowest BCUT2D eigenvalue weighted by atomic mass is 9.84. The summed E-state index contributed by atoms with van der Waals surface area (Å²) in [7, 11) is 0. The molecule has 0 aromatic carbocycles. The molecule has 1 N–H and O–H groups in total. The topological polar surface area (TPSA) is 47.6 Å². The summed E-state index contributed by atoms with van der Waals surface area (Å²) in [6.45, 7) is 11.2. The molecule has 0 aliphatic heterocycles. The summed E-state index contributed by atoms with van der Waals surface area (Å²) in [5.41, 5.74) is -0.479. The van der Waals surface area contributed by atoms with E-state index in [-0.39, 0.29) is 5.97 Å². The van der Waals surface area contributed by atoms with Gasteiger partial charge in [-0.25, -0.2) is 0 Å². The molecule has 4 heteroatoms. The molecule has 1 rings (SSSR count). The fourth-order valence-corrected chi connectivity index (χ4v) is 3.19. The summed E-state index contributed by atoms with van der Waals surface area (Å²) in [6.07, 6.45) is 5.02. The van der Waals surface area contributed by atoms with E-state index >= 15 is 0 Å². The molecule has 124 valence electrons. The van der Waals surface area contributed by atoms with Crippen LogP contribution in [0.15, 0.2) is 0 Å². The summed E-state index contributed by atoms with van der Waals surface area (Å²) in [5.74, 6) is 0.821. The molecule has 21 heavy (non-hydrogen) atoms. The maximum atomic E-state index is 12.5. The molecule has 0 amide bonds. The Hall–Kier alpha value is -0.610. The summed E-state index contributed by atoms with van der Waals surface area (Å²) < 4.78 is 11.1. The van der Waals surface area contributed by atoms with Gasteiger partial charge in [-0.05, 0) is 51.0 Å². The first-order chi connectivity index (χ1) is 10.1. The van der Waals surface area contributed by atoms with Crippen LogP contribution in [-0.2, 0) is 14.3 Å². The second-order valence-electron chi connectivity index (χ2n) is 6.47. The third-order valence-electron chi connectivity index (χ3n) is 4.21. The largest absolute Gasteiger partial charge is 0.465 e. The Bertz CT molecular complexity index is 306. The van der Waals surface area contributed by atoms with E-state index in [9.17, 15) is 4.79 Å². The Morgan fingerprint density at radius 1 is 1.38 bits per heavy atom. The quantitative estimate of drug-likeness (QED) is 0.497. The Kier molecular flexibility index (Phi) is 8.27. The number of carbonyl (C=O) groups excluding carboxylic acids is 1. The Morgan fingerprint density at radius 2 is 2.14 bits per heavy atom. The fraction of sp³-hybridized carbons (Fsp3) is 0.941. The third-order valence-corrected chi connectivity index (χ3v) is 4.21. The minimum absolute atomic E-state index is 0.0650. The zero-order valence-corrected chi connectivity index (χ0v) is 14.2. The summed E-state index contributed by atoms with van der Waals surface area (Å²) >= 11 is 0. The van der Waals surface area contributed by atoms with Gasteiger partial charge < -0.3 is 14.8 Å². The molecule has 0 spiro atoms. The minimum atomic E-state index is -0.479. The molecule has 1 aliphatic carbocycles. The van der Waals surface area contributed by atoms with E-state index in [1.54, 1.807) is 0 Å². The van der Waals surface area contributed by atoms with Gasteiger partial charge in [-0.1, -0.05) is 27.2 Å². The maximum absolute atomic E-state index is 12.5. The van der Waals surface area contributed by atoms with Crippen molar-refractivity contribution >= 4 is 5.97 Å². The first-order valence-corrected chi connectivity index (χ1v) is 8.56. The minimum Gasteiger partial charge on any atom is -0.465 e. The first kappa shape index (κ1) is 18.4. The van der Waals surface area contributed by atoms with Crippen LogP contribution in [0.1, 0.15) is 59.8 Å². The van der Waals surface area contributed by atoms with E-state index in [1.165, 1.54) is 0 Å². The predicted octanol–water partition coefficient (Wildman–Crippen LogP) is 3.15. The van der Waals surface area contributed by atoms with Crippen molar-refractivity contribution in [2.24, 2.45) is 11.8 Å². The SMILES string of the molecule is CCCNC1(C(=O)OCC)CCCC1CCOCC(C)C. The number of hydrogen-bond donors (Lipinski definition) is 1. The van der Waals surface area contributed by atoms with Crippen LogP contribution in [0.2, 0.25) is 0 Å². The van der Waals surface area contributed by atoms with E-state index in [1.807, 2.05) is 6.92 Å².